The van der Waals surface area contributed by atoms with E-state index in [9.17, 15) is 4.79 Å². The number of carbonyl (C=O) groups excluding carboxylic acids is 1. The zero-order valence-corrected chi connectivity index (χ0v) is 16.0. The average Bonchev–Trinajstić information content (AvgIpc) is 3.40. The van der Waals surface area contributed by atoms with Crippen LogP contribution in [0, 0.1) is 0 Å². The first kappa shape index (κ1) is 19.6. The molecule has 3 N–H and O–H groups in total. The lowest BCUT2D eigenvalue weighted by Crippen LogP contribution is -2.52. The summed E-state index contributed by atoms with van der Waals surface area (Å²) < 4.78 is 10.9. The molecule has 2 aliphatic rings. The molecule has 4 rings (SSSR count). The van der Waals surface area contributed by atoms with E-state index in [1.54, 1.807) is 0 Å². The summed E-state index contributed by atoms with van der Waals surface area (Å²) in [6.07, 6.45) is 6.91. The van der Waals surface area contributed by atoms with Gasteiger partial charge in [-0.25, -0.2) is 0 Å². The fourth-order valence-electron chi connectivity index (χ4n) is 3.27. The monoisotopic (exact) mass is 392 g/mol. The van der Waals surface area contributed by atoms with Crippen molar-refractivity contribution in [3.05, 3.63) is 36.0 Å². The quantitative estimate of drug-likeness (QED) is 0.779. The predicted molar refractivity (Wildman–Crippen MR) is 103 cm³/mol. The summed E-state index contributed by atoms with van der Waals surface area (Å²) in [6.45, 7) is 0.258. The van der Waals surface area contributed by atoms with Gasteiger partial charge in [0.1, 0.15) is 5.75 Å². The molecule has 2 aliphatic carbocycles. The van der Waals surface area contributed by atoms with Crippen molar-refractivity contribution in [1.82, 2.24) is 10.1 Å². The predicted octanol–water partition coefficient (Wildman–Crippen LogP) is 3.55. The van der Waals surface area contributed by atoms with E-state index in [-0.39, 0.29) is 24.9 Å². The van der Waals surface area contributed by atoms with E-state index >= 15 is 0 Å². The molecule has 146 valence electrons. The standard InChI is InChI=1S/C19H24N4O3.ClH/c20-19(10-2-1-3-11-19)18(24)21-14-6-8-15(9-7-14)25-12-16-22-17(26-23-16)13-4-5-13;/h6-9,13H,1-5,10-12,20H2,(H,21,24);1H. The van der Waals surface area contributed by atoms with Crippen molar-refractivity contribution in [2.24, 2.45) is 5.73 Å². The van der Waals surface area contributed by atoms with Gasteiger partial charge in [-0.05, 0) is 49.9 Å². The number of nitrogens with two attached hydrogens (primary N) is 1. The molecule has 2 saturated carbocycles. The number of benzene rings is 1. The fourth-order valence-corrected chi connectivity index (χ4v) is 3.27. The molecule has 27 heavy (non-hydrogen) atoms. The summed E-state index contributed by atoms with van der Waals surface area (Å²) in [7, 11) is 0. The maximum Gasteiger partial charge on any atom is 0.244 e. The number of hydrogen-bond donors (Lipinski definition) is 2. The number of anilines is 1. The molecular formula is C19H25ClN4O3. The summed E-state index contributed by atoms with van der Waals surface area (Å²) in [5.74, 6) is 2.27. The molecule has 1 aromatic carbocycles. The van der Waals surface area contributed by atoms with E-state index in [2.05, 4.69) is 15.5 Å². The number of aromatic nitrogens is 2. The van der Waals surface area contributed by atoms with Crippen molar-refractivity contribution < 1.29 is 14.1 Å². The lowest BCUT2D eigenvalue weighted by molar-refractivity contribution is -0.122. The molecule has 0 radical (unpaired) electrons. The lowest BCUT2D eigenvalue weighted by Gasteiger charge is -2.31. The molecule has 0 unspecified atom stereocenters. The zero-order valence-electron chi connectivity index (χ0n) is 15.1. The number of carbonyl (C=O) groups is 1. The minimum absolute atomic E-state index is 0. The molecule has 2 fully saturated rings. The Bertz CT molecular complexity index is 768. The van der Waals surface area contributed by atoms with Crippen LogP contribution in [0.15, 0.2) is 28.8 Å². The van der Waals surface area contributed by atoms with E-state index in [1.807, 2.05) is 24.3 Å². The van der Waals surface area contributed by atoms with Gasteiger partial charge in [0.15, 0.2) is 6.61 Å². The molecule has 1 aromatic heterocycles. The minimum Gasteiger partial charge on any atom is -0.485 e. The van der Waals surface area contributed by atoms with Crippen molar-refractivity contribution >= 4 is 24.0 Å². The van der Waals surface area contributed by atoms with Gasteiger partial charge in [-0.1, -0.05) is 24.4 Å². The second-order valence-electron chi connectivity index (χ2n) is 7.31. The molecular weight excluding hydrogens is 368 g/mol. The first-order valence-corrected chi connectivity index (χ1v) is 9.28. The number of ether oxygens (including phenoxy) is 1. The third kappa shape index (κ3) is 4.78. The van der Waals surface area contributed by atoms with Crippen LogP contribution in [0.1, 0.15) is 62.6 Å². The highest BCUT2D eigenvalue weighted by Gasteiger charge is 2.35. The topological polar surface area (TPSA) is 103 Å². The summed E-state index contributed by atoms with van der Waals surface area (Å²) in [5.41, 5.74) is 6.23. The molecule has 0 atom stereocenters. The molecule has 0 spiro atoms. The molecule has 0 saturated heterocycles. The van der Waals surface area contributed by atoms with Crippen LogP contribution in [-0.4, -0.2) is 21.6 Å². The summed E-state index contributed by atoms with van der Waals surface area (Å²) >= 11 is 0. The molecule has 2 aromatic rings. The van der Waals surface area contributed by atoms with Crippen molar-refractivity contribution in [3.63, 3.8) is 0 Å². The molecule has 8 heteroatoms. The van der Waals surface area contributed by atoms with Gasteiger partial charge >= 0.3 is 0 Å². The van der Waals surface area contributed by atoms with E-state index in [4.69, 9.17) is 15.0 Å². The number of nitrogens with zero attached hydrogens (tertiary/aromatic N) is 2. The number of hydrogen-bond acceptors (Lipinski definition) is 6. The van der Waals surface area contributed by atoms with Gasteiger partial charge in [0.25, 0.3) is 0 Å². The first-order chi connectivity index (χ1) is 12.6. The summed E-state index contributed by atoms with van der Waals surface area (Å²) in [6, 6.07) is 7.24. The highest BCUT2D eigenvalue weighted by molar-refractivity contribution is 5.98. The molecule has 1 amide bonds. The van der Waals surface area contributed by atoms with Crippen molar-refractivity contribution in [2.45, 2.75) is 63.0 Å². The average molecular weight is 393 g/mol. The van der Waals surface area contributed by atoms with Gasteiger partial charge in [0.2, 0.25) is 17.6 Å². The van der Waals surface area contributed by atoms with Crippen LogP contribution in [0.2, 0.25) is 0 Å². The van der Waals surface area contributed by atoms with Crippen LogP contribution >= 0.6 is 12.4 Å². The SMILES string of the molecule is Cl.NC1(C(=O)Nc2ccc(OCc3noc(C4CC4)n3)cc2)CCCCC1. The Hall–Kier alpha value is -2.12. The van der Waals surface area contributed by atoms with Gasteiger partial charge in [0.05, 0.1) is 5.54 Å². The molecule has 7 nitrogen and oxygen atoms in total. The Balaban J connectivity index is 0.00000210. The third-order valence-electron chi connectivity index (χ3n) is 5.09. The summed E-state index contributed by atoms with van der Waals surface area (Å²) in [4.78, 5) is 16.8. The van der Waals surface area contributed by atoms with Crippen molar-refractivity contribution in [1.29, 1.82) is 0 Å². The van der Waals surface area contributed by atoms with E-state index in [1.165, 1.54) is 0 Å². The second-order valence-corrected chi connectivity index (χ2v) is 7.31. The number of amides is 1. The number of rotatable bonds is 6. The van der Waals surface area contributed by atoms with Gasteiger partial charge in [-0.2, -0.15) is 4.98 Å². The highest BCUT2D eigenvalue weighted by Crippen LogP contribution is 2.38. The zero-order chi connectivity index (χ0) is 18.0. The lowest BCUT2D eigenvalue weighted by atomic mass is 9.82. The van der Waals surface area contributed by atoms with Gasteiger partial charge in [-0.3, -0.25) is 4.79 Å². The Morgan fingerprint density at radius 1 is 1.22 bits per heavy atom. The molecule has 0 aliphatic heterocycles. The van der Waals surface area contributed by atoms with Gasteiger partial charge in [-0.15, -0.1) is 12.4 Å². The number of nitrogens with one attached hydrogen (secondary N) is 1. The first-order valence-electron chi connectivity index (χ1n) is 9.28. The fraction of sp³-hybridized carbons (Fsp3) is 0.526. The van der Waals surface area contributed by atoms with E-state index in [0.717, 1.165) is 44.9 Å². The molecule has 1 heterocycles. The maximum atomic E-state index is 12.5. The van der Waals surface area contributed by atoms with E-state index in [0.29, 0.717) is 29.1 Å². The third-order valence-corrected chi connectivity index (χ3v) is 5.09. The Morgan fingerprint density at radius 3 is 2.59 bits per heavy atom. The van der Waals surface area contributed by atoms with Crippen LogP contribution in [0.3, 0.4) is 0 Å². The van der Waals surface area contributed by atoms with Crippen LogP contribution in [-0.2, 0) is 11.4 Å². The van der Waals surface area contributed by atoms with Gasteiger partial charge in [0, 0.05) is 11.6 Å². The molecule has 0 bridgehead atoms. The normalized spacial score (nSPS) is 18.4. The van der Waals surface area contributed by atoms with Crippen molar-refractivity contribution in [2.75, 3.05) is 5.32 Å². The Labute approximate surface area is 164 Å². The van der Waals surface area contributed by atoms with Gasteiger partial charge < -0.3 is 20.3 Å². The van der Waals surface area contributed by atoms with Crippen LogP contribution in [0.4, 0.5) is 5.69 Å². The summed E-state index contributed by atoms with van der Waals surface area (Å²) in [5, 5.41) is 6.84. The largest absolute Gasteiger partial charge is 0.485 e. The second kappa shape index (κ2) is 8.27. The van der Waals surface area contributed by atoms with Crippen LogP contribution in [0.25, 0.3) is 0 Å². The maximum absolute atomic E-state index is 12.5. The highest BCUT2D eigenvalue weighted by atomic mass is 35.5. The minimum atomic E-state index is -0.745. The van der Waals surface area contributed by atoms with Crippen LogP contribution in [0.5, 0.6) is 5.75 Å². The number of halogens is 1. The van der Waals surface area contributed by atoms with Crippen molar-refractivity contribution in [3.8, 4) is 5.75 Å². The van der Waals surface area contributed by atoms with E-state index < -0.39 is 5.54 Å². The van der Waals surface area contributed by atoms with Crippen LogP contribution < -0.4 is 15.8 Å². The smallest absolute Gasteiger partial charge is 0.244 e. The Kier molecular flexibility index (Phi) is 6.01. The Morgan fingerprint density at radius 2 is 1.93 bits per heavy atom.